The molecule has 3 rings (SSSR count). The Morgan fingerprint density at radius 3 is 2.57 bits per heavy atom. The number of nitrogens with zero attached hydrogens (tertiary/aromatic N) is 2. The van der Waals surface area contributed by atoms with E-state index in [0.29, 0.717) is 12.1 Å². The highest BCUT2D eigenvalue weighted by Crippen LogP contribution is 2.37. The summed E-state index contributed by atoms with van der Waals surface area (Å²) in [6.07, 6.45) is -1.25. The van der Waals surface area contributed by atoms with E-state index in [9.17, 15) is 14.4 Å². The molecular weight excluding hydrogens is 298 g/mol. The summed E-state index contributed by atoms with van der Waals surface area (Å²) in [5, 5.41) is 0. The first-order valence-electron chi connectivity index (χ1n) is 7.42. The van der Waals surface area contributed by atoms with Gasteiger partial charge in [0.05, 0.1) is 13.0 Å². The Labute approximate surface area is 134 Å². The summed E-state index contributed by atoms with van der Waals surface area (Å²) < 4.78 is 4.94. The fraction of sp³-hybridized carbons (Fsp3) is 0.438. The van der Waals surface area contributed by atoms with Crippen LogP contribution < -0.4 is 15.5 Å². The van der Waals surface area contributed by atoms with Crippen LogP contribution in [-0.2, 0) is 20.7 Å². The number of carbonyl (C=O) groups is 3. The minimum atomic E-state index is -0.941. The Morgan fingerprint density at radius 1 is 1.30 bits per heavy atom. The molecule has 7 nitrogen and oxygen atoms in total. The number of hydrogen-bond acceptors (Lipinski definition) is 4. The number of rotatable bonds is 2. The molecule has 2 heterocycles. The van der Waals surface area contributed by atoms with E-state index >= 15 is 0 Å². The van der Waals surface area contributed by atoms with Gasteiger partial charge in [-0.2, -0.15) is 0 Å². The zero-order valence-electron chi connectivity index (χ0n) is 13.3. The van der Waals surface area contributed by atoms with Crippen LogP contribution in [-0.4, -0.2) is 36.1 Å². The van der Waals surface area contributed by atoms with E-state index in [2.05, 4.69) is 0 Å². The molecule has 0 saturated carbocycles. The van der Waals surface area contributed by atoms with Gasteiger partial charge in [-0.15, -0.1) is 0 Å². The van der Waals surface area contributed by atoms with E-state index in [1.54, 1.807) is 17.0 Å². The molecule has 122 valence electrons. The molecule has 1 saturated heterocycles. The summed E-state index contributed by atoms with van der Waals surface area (Å²) in [4.78, 5) is 38.5. The first kappa shape index (κ1) is 15.3. The second-order valence-electron chi connectivity index (χ2n) is 6.78. The summed E-state index contributed by atoms with van der Waals surface area (Å²) in [5.74, 6) is -0.639. The summed E-state index contributed by atoms with van der Waals surface area (Å²) in [5.41, 5.74) is 7.18. The SMILES string of the molecule is CC(C)(C)N1C(=O)Cc2cc(N3C[C@H](C(N)=O)OC3=O)ccc21. The molecule has 0 spiro atoms. The van der Waals surface area contributed by atoms with Gasteiger partial charge in [0.2, 0.25) is 5.91 Å². The highest BCUT2D eigenvalue weighted by atomic mass is 16.6. The first-order chi connectivity index (χ1) is 10.7. The molecule has 1 atom stereocenters. The van der Waals surface area contributed by atoms with Crippen LogP contribution in [0, 0.1) is 0 Å². The van der Waals surface area contributed by atoms with Crippen molar-refractivity contribution in [2.45, 2.75) is 38.8 Å². The van der Waals surface area contributed by atoms with E-state index < -0.39 is 18.1 Å². The summed E-state index contributed by atoms with van der Waals surface area (Å²) >= 11 is 0. The van der Waals surface area contributed by atoms with Crippen LogP contribution >= 0.6 is 0 Å². The number of benzene rings is 1. The predicted octanol–water partition coefficient (Wildman–Crippen LogP) is 1.18. The van der Waals surface area contributed by atoms with Gasteiger partial charge in [0.25, 0.3) is 5.91 Å². The second-order valence-corrected chi connectivity index (χ2v) is 6.78. The normalized spacial score (nSPS) is 20.7. The van der Waals surface area contributed by atoms with Crippen LogP contribution in [0.15, 0.2) is 18.2 Å². The van der Waals surface area contributed by atoms with Crippen molar-refractivity contribution in [2.24, 2.45) is 5.73 Å². The molecule has 3 amide bonds. The smallest absolute Gasteiger partial charge is 0.415 e. The fourth-order valence-corrected chi connectivity index (χ4v) is 3.03. The van der Waals surface area contributed by atoms with Gasteiger partial charge < -0.3 is 15.4 Å². The van der Waals surface area contributed by atoms with Crippen molar-refractivity contribution < 1.29 is 19.1 Å². The van der Waals surface area contributed by atoms with Crippen LogP contribution in [0.3, 0.4) is 0 Å². The Balaban J connectivity index is 1.92. The third-order valence-corrected chi connectivity index (χ3v) is 4.01. The highest BCUT2D eigenvalue weighted by Gasteiger charge is 2.38. The molecule has 0 aromatic heterocycles. The van der Waals surface area contributed by atoms with Crippen molar-refractivity contribution in [1.29, 1.82) is 0 Å². The van der Waals surface area contributed by atoms with E-state index in [0.717, 1.165) is 11.3 Å². The third kappa shape index (κ3) is 2.52. The molecule has 23 heavy (non-hydrogen) atoms. The average Bonchev–Trinajstić information content (AvgIpc) is 2.96. The molecule has 1 aromatic rings. The fourth-order valence-electron chi connectivity index (χ4n) is 3.03. The van der Waals surface area contributed by atoms with Gasteiger partial charge in [0.1, 0.15) is 0 Å². The summed E-state index contributed by atoms with van der Waals surface area (Å²) in [7, 11) is 0. The first-order valence-corrected chi connectivity index (χ1v) is 7.42. The molecule has 2 aliphatic heterocycles. The van der Waals surface area contributed by atoms with Crippen molar-refractivity contribution in [3.8, 4) is 0 Å². The maximum Gasteiger partial charge on any atom is 0.415 e. The summed E-state index contributed by atoms with van der Waals surface area (Å²) in [6.45, 7) is 6.01. The predicted molar refractivity (Wildman–Crippen MR) is 84.2 cm³/mol. The quantitative estimate of drug-likeness (QED) is 0.886. The van der Waals surface area contributed by atoms with Crippen molar-refractivity contribution >= 4 is 29.3 Å². The van der Waals surface area contributed by atoms with Crippen LogP contribution in [0.5, 0.6) is 0 Å². The molecule has 0 unspecified atom stereocenters. The van der Waals surface area contributed by atoms with Crippen LogP contribution in [0.1, 0.15) is 26.3 Å². The number of cyclic esters (lactones) is 1. The van der Waals surface area contributed by atoms with Crippen molar-refractivity contribution in [2.75, 3.05) is 16.3 Å². The van der Waals surface area contributed by atoms with Crippen molar-refractivity contribution in [3.05, 3.63) is 23.8 Å². The molecule has 7 heteroatoms. The zero-order chi connectivity index (χ0) is 16.9. The Kier molecular flexibility index (Phi) is 3.31. The minimum Gasteiger partial charge on any atom is -0.434 e. The van der Waals surface area contributed by atoms with E-state index in [-0.39, 0.29) is 18.0 Å². The lowest BCUT2D eigenvalue weighted by molar-refractivity contribution is -0.124. The van der Waals surface area contributed by atoms with Crippen molar-refractivity contribution in [1.82, 2.24) is 0 Å². The highest BCUT2D eigenvalue weighted by molar-refractivity contribution is 6.03. The van der Waals surface area contributed by atoms with Gasteiger partial charge in [-0.3, -0.25) is 14.5 Å². The van der Waals surface area contributed by atoms with Crippen LogP contribution in [0.2, 0.25) is 0 Å². The molecule has 0 bridgehead atoms. The number of amides is 3. The minimum absolute atomic E-state index is 0.0312. The average molecular weight is 317 g/mol. The number of hydrogen-bond donors (Lipinski definition) is 1. The number of ether oxygens (including phenoxy) is 1. The van der Waals surface area contributed by atoms with Gasteiger partial charge in [0, 0.05) is 16.9 Å². The molecule has 1 fully saturated rings. The summed E-state index contributed by atoms with van der Waals surface area (Å²) in [6, 6.07) is 5.37. The number of carbonyl (C=O) groups excluding carboxylic acids is 3. The lowest BCUT2D eigenvalue weighted by Gasteiger charge is -2.32. The van der Waals surface area contributed by atoms with Gasteiger partial charge in [-0.05, 0) is 44.5 Å². The molecule has 1 aromatic carbocycles. The van der Waals surface area contributed by atoms with Crippen LogP contribution in [0.4, 0.5) is 16.2 Å². The molecule has 0 radical (unpaired) electrons. The third-order valence-electron chi connectivity index (χ3n) is 4.01. The van der Waals surface area contributed by atoms with Crippen molar-refractivity contribution in [3.63, 3.8) is 0 Å². The van der Waals surface area contributed by atoms with E-state index in [1.165, 1.54) is 4.90 Å². The molecule has 2 N–H and O–H groups in total. The molecular formula is C16H19N3O4. The standard InChI is InChI=1S/C16H19N3O4/c1-16(2,3)19-11-5-4-10(6-9(11)7-13(19)20)18-8-12(14(17)21)23-15(18)22/h4-6,12H,7-8H2,1-3H3,(H2,17,21)/t12-/m1/s1. The van der Waals surface area contributed by atoms with E-state index in [4.69, 9.17) is 10.5 Å². The van der Waals surface area contributed by atoms with Gasteiger partial charge in [0.15, 0.2) is 6.10 Å². The Bertz CT molecular complexity index is 708. The van der Waals surface area contributed by atoms with Crippen LogP contribution in [0.25, 0.3) is 0 Å². The zero-order valence-corrected chi connectivity index (χ0v) is 13.3. The molecule has 2 aliphatic rings. The Hall–Kier alpha value is -2.57. The monoisotopic (exact) mass is 317 g/mol. The Morgan fingerprint density at radius 2 is 2.00 bits per heavy atom. The number of primary amides is 1. The van der Waals surface area contributed by atoms with Gasteiger partial charge in [-0.25, -0.2) is 4.79 Å². The van der Waals surface area contributed by atoms with Gasteiger partial charge in [-0.1, -0.05) is 0 Å². The largest absolute Gasteiger partial charge is 0.434 e. The lowest BCUT2D eigenvalue weighted by Crippen LogP contribution is -2.43. The molecule has 0 aliphatic carbocycles. The topological polar surface area (TPSA) is 92.9 Å². The number of nitrogens with two attached hydrogens (primary N) is 1. The second kappa shape index (κ2) is 4.97. The van der Waals surface area contributed by atoms with E-state index in [1.807, 2.05) is 26.8 Å². The lowest BCUT2D eigenvalue weighted by atomic mass is 10.1. The van der Waals surface area contributed by atoms with Gasteiger partial charge >= 0.3 is 6.09 Å². The number of fused-ring (bicyclic) bond motifs is 1. The maximum absolute atomic E-state index is 12.3. The maximum atomic E-state index is 12.3. The number of anilines is 2.